The summed E-state index contributed by atoms with van der Waals surface area (Å²) < 4.78 is 0. The number of nitrogens with one attached hydrogen (secondary N) is 3. The second-order valence-corrected chi connectivity index (χ2v) is 5.50. The molecule has 0 aromatic carbocycles. The van der Waals surface area contributed by atoms with E-state index in [0.29, 0.717) is 19.1 Å². The van der Waals surface area contributed by atoms with Crippen LogP contribution in [0.5, 0.6) is 0 Å². The summed E-state index contributed by atoms with van der Waals surface area (Å²) in [5.41, 5.74) is 10.5. The lowest BCUT2D eigenvalue weighted by atomic mass is 10.1. The summed E-state index contributed by atoms with van der Waals surface area (Å²) in [5, 5.41) is 9.52. The van der Waals surface area contributed by atoms with Crippen molar-refractivity contribution in [3.63, 3.8) is 0 Å². The second kappa shape index (κ2) is 12.4. The lowest BCUT2D eigenvalue weighted by molar-refractivity contribution is -0.124. The molecular formula is C14H32N6O. The number of aliphatic imine (C=N–C) groups is 1. The van der Waals surface area contributed by atoms with E-state index < -0.39 is 0 Å². The minimum absolute atomic E-state index is 0.0122. The molecule has 7 heteroatoms. The highest BCUT2D eigenvalue weighted by Gasteiger charge is 2.11. The molecule has 1 atom stereocenters. The number of carbonyl (C=O) groups excluding carboxylic acids is 1. The Bertz CT molecular complexity index is 302. The number of nitrogens with zero attached hydrogens (tertiary/aromatic N) is 1. The lowest BCUT2D eigenvalue weighted by Crippen LogP contribution is -2.37. The van der Waals surface area contributed by atoms with Crippen molar-refractivity contribution >= 4 is 11.9 Å². The maximum atomic E-state index is 11.8. The number of rotatable bonds is 12. The number of hydrogen-bond acceptors (Lipinski definition) is 4. The van der Waals surface area contributed by atoms with E-state index in [1.165, 1.54) is 0 Å². The van der Waals surface area contributed by atoms with Gasteiger partial charge >= 0.3 is 0 Å². The van der Waals surface area contributed by atoms with Gasteiger partial charge in [-0.1, -0.05) is 20.8 Å². The molecule has 0 aromatic rings. The molecule has 7 N–H and O–H groups in total. The Balaban J connectivity index is 3.49. The van der Waals surface area contributed by atoms with E-state index in [9.17, 15) is 4.79 Å². The van der Waals surface area contributed by atoms with Gasteiger partial charge in [-0.3, -0.25) is 9.79 Å². The highest BCUT2D eigenvalue weighted by molar-refractivity contribution is 5.78. The van der Waals surface area contributed by atoms with Crippen molar-refractivity contribution in [2.75, 3.05) is 32.7 Å². The molecule has 7 nitrogen and oxygen atoms in total. The van der Waals surface area contributed by atoms with E-state index in [0.717, 1.165) is 32.5 Å². The Morgan fingerprint density at radius 1 is 1.10 bits per heavy atom. The molecule has 0 aliphatic heterocycles. The zero-order valence-corrected chi connectivity index (χ0v) is 13.6. The van der Waals surface area contributed by atoms with Crippen molar-refractivity contribution < 1.29 is 4.79 Å². The fraction of sp³-hybridized carbons (Fsp3) is 0.857. The summed E-state index contributed by atoms with van der Waals surface area (Å²) in [6, 6.07) is 0.506. The number of guanidine groups is 1. The first-order chi connectivity index (χ1) is 9.93. The fourth-order valence-electron chi connectivity index (χ4n) is 1.76. The molecule has 124 valence electrons. The van der Waals surface area contributed by atoms with Crippen molar-refractivity contribution in [2.24, 2.45) is 22.4 Å². The Hall–Kier alpha value is -1.34. The van der Waals surface area contributed by atoms with E-state index in [1.807, 2.05) is 6.92 Å². The Morgan fingerprint density at radius 3 is 2.38 bits per heavy atom. The monoisotopic (exact) mass is 300 g/mol. The van der Waals surface area contributed by atoms with E-state index in [4.69, 9.17) is 11.5 Å². The molecule has 1 amide bonds. The van der Waals surface area contributed by atoms with Crippen LogP contribution in [0.1, 0.15) is 33.6 Å². The van der Waals surface area contributed by atoms with Crippen LogP contribution in [0.25, 0.3) is 0 Å². The molecule has 1 unspecified atom stereocenters. The van der Waals surface area contributed by atoms with E-state index in [2.05, 4.69) is 34.8 Å². The van der Waals surface area contributed by atoms with Crippen molar-refractivity contribution in [3.8, 4) is 0 Å². The van der Waals surface area contributed by atoms with Gasteiger partial charge in [0, 0.05) is 44.7 Å². The molecule has 0 bridgehead atoms. The van der Waals surface area contributed by atoms with Crippen LogP contribution in [0.4, 0.5) is 0 Å². The van der Waals surface area contributed by atoms with Crippen LogP contribution < -0.4 is 27.4 Å². The van der Waals surface area contributed by atoms with Gasteiger partial charge < -0.3 is 27.4 Å². The van der Waals surface area contributed by atoms with E-state index in [-0.39, 0.29) is 17.8 Å². The van der Waals surface area contributed by atoms with Crippen LogP contribution >= 0.6 is 0 Å². The molecule has 0 radical (unpaired) electrons. The first kappa shape index (κ1) is 19.7. The summed E-state index contributed by atoms with van der Waals surface area (Å²) in [5.74, 6) is 0.175. The third-order valence-corrected chi connectivity index (χ3v) is 2.99. The maximum Gasteiger partial charge on any atom is 0.222 e. The van der Waals surface area contributed by atoms with Crippen molar-refractivity contribution in [1.29, 1.82) is 0 Å². The number of carbonyl (C=O) groups is 1. The second-order valence-electron chi connectivity index (χ2n) is 5.50. The lowest BCUT2D eigenvalue weighted by Gasteiger charge is -2.12. The number of hydrogen-bond donors (Lipinski definition) is 5. The molecular weight excluding hydrogens is 268 g/mol. The third-order valence-electron chi connectivity index (χ3n) is 2.99. The summed E-state index contributed by atoms with van der Waals surface area (Å²) in [4.78, 5) is 15.7. The summed E-state index contributed by atoms with van der Waals surface area (Å²) in [6.45, 7) is 10.0. The highest BCUT2D eigenvalue weighted by atomic mass is 16.1. The van der Waals surface area contributed by atoms with Gasteiger partial charge in [0.1, 0.15) is 0 Å². The minimum atomic E-state index is -0.0122. The molecule has 0 aromatic heterocycles. The molecule has 0 fully saturated rings. The zero-order chi connectivity index (χ0) is 16.1. The van der Waals surface area contributed by atoms with Gasteiger partial charge in [0.15, 0.2) is 5.96 Å². The largest absolute Gasteiger partial charge is 0.370 e. The molecule has 21 heavy (non-hydrogen) atoms. The smallest absolute Gasteiger partial charge is 0.222 e. The highest BCUT2D eigenvalue weighted by Crippen LogP contribution is 2.05. The normalized spacial score (nSPS) is 12.2. The predicted molar refractivity (Wildman–Crippen MR) is 88.1 cm³/mol. The average molecular weight is 300 g/mol. The van der Waals surface area contributed by atoms with Gasteiger partial charge in [0.2, 0.25) is 5.91 Å². The number of amides is 1. The predicted octanol–water partition coefficient (Wildman–Crippen LogP) is -0.620. The molecule has 0 heterocycles. The quantitative estimate of drug-likeness (QED) is 0.187. The van der Waals surface area contributed by atoms with Crippen molar-refractivity contribution in [2.45, 2.75) is 39.7 Å². The molecule has 0 saturated carbocycles. The first-order valence-electron chi connectivity index (χ1n) is 7.70. The summed E-state index contributed by atoms with van der Waals surface area (Å²) in [6.07, 6.45) is 1.60. The summed E-state index contributed by atoms with van der Waals surface area (Å²) >= 11 is 0. The molecule has 0 aliphatic carbocycles. The molecule has 0 saturated heterocycles. The van der Waals surface area contributed by atoms with Crippen LogP contribution in [0.15, 0.2) is 4.99 Å². The van der Waals surface area contributed by atoms with Crippen LogP contribution in [-0.4, -0.2) is 50.6 Å². The minimum Gasteiger partial charge on any atom is -0.370 e. The maximum absolute atomic E-state index is 11.8. The van der Waals surface area contributed by atoms with Gasteiger partial charge in [0.25, 0.3) is 0 Å². The molecule has 0 spiro atoms. The van der Waals surface area contributed by atoms with E-state index >= 15 is 0 Å². The van der Waals surface area contributed by atoms with Gasteiger partial charge in [-0.05, 0) is 12.8 Å². The van der Waals surface area contributed by atoms with Crippen molar-refractivity contribution in [1.82, 2.24) is 16.0 Å². The Kier molecular flexibility index (Phi) is 11.6. The fourth-order valence-corrected chi connectivity index (χ4v) is 1.76. The molecule has 0 rings (SSSR count). The van der Waals surface area contributed by atoms with Crippen LogP contribution in [0, 0.1) is 5.92 Å². The topological polar surface area (TPSA) is 118 Å². The Labute approximate surface area is 128 Å². The Morgan fingerprint density at radius 2 is 1.76 bits per heavy atom. The van der Waals surface area contributed by atoms with Gasteiger partial charge in [-0.25, -0.2) is 0 Å². The third kappa shape index (κ3) is 13.4. The first-order valence-corrected chi connectivity index (χ1v) is 7.70. The van der Waals surface area contributed by atoms with E-state index in [1.54, 1.807) is 0 Å². The van der Waals surface area contributed by atoms with Crippen molar-refractivity contribution in [3.05, 3.63) is 0 Å². The number of nitrogens with two attached hydrogens (primary N) is 2. The molecule has 0 aliphatic rings. The zero-order valence-electron chi connectivity index (χ0n) is 13.6. The summed E-state index contributed by atoms with van der Waals surface area (Å²) in [7, 11) is 0. The van der Waals surface area contributed by atoms with Gasteiger partial charge in [-0.2, -0.15) is 0 Å². The SMILES string of the molecule is CC(C)NCCNCCNC(=O)C(C)CCCN=C(N)N. The van der Waals surface area contributed by atoms with Crippen LogP contribution in [0.2, 0.25) is 0 Å². The van der Waals surface area contributed by atoms with Gasteiger partial charge in [-0.15, -0.1) is 0 Å². The standard InChI is InChI=1S/C14H32N6O/c1-11(2)18-9-7-17-8-10-19-13(21)12(3)5-4-6-20-14(15)16/h11-12,17-18H,4-10H2,1-3H3,(H,19,21)(H4,15,16,20). The average Bonchev–Trinajstić information content (AvgIpc) is 2.41. The van der Waals surface area contributed by atoms with Gasteiger partial charge in [0.05, 0.1) is 0 Å². The van der Waals surface area contributed by atoms with Crippen LogP contribution in [-0.2, 0) is 4.79 Å². The van der Waals surface area contributed by atoms with Crippen LogP contribution in [0.3, 0.4) is 0 Å².